The number of rotatable bonds is 3. The van der Waals surface area contributed by atoms with E-state index in [1.807, 2.05) is 0 Å². The van der Waals surface area contributed by atoms with Crippen molar-refractivity contribution in [3.05, 3.63) is 27.7 Å². The molecular formula is C12H12Cl2O4. The molecule has 1 aliphatic rings. The van der Waals surface area contributed by atoms with Crippen molar-refractivity contribution < 1.29 is 19.4 Å². The van der Waals surface area contributed by atoms with Crippen molar-refractivity contribution >= 4 is 29.2 Å². The third-order valence-corrected chi connectivity index (χ3v) is 3.19. The minimum absolute atomic E-state index is 0.0148. The van der Waals surface area contributed by atoms with Gasteiger partial charge in [0.2, 0.25) is 0 Å². The van der Waals surface area contributed by atoms with Crippen molar-refractivity contribution in [1.29, 1.82) is 0 Å². The monoisotopic (exact) mass is 290 g/mol. The normalized spacial score (nSPS) is 16.6. The molecule has 0 aromatic heterocycles. The molecule has 4 nitrogen and oxygen atoms in total. The van der Waals surface area contributed by atoms with E-state index in [9.17, 15) is 4.79 Å². The van der Waals surface area contributed by atoms with Crippen LogP contribution < -0.4 is 4.74 Å². The Bertz CT molecular complexity index is 456. The van der Waals surface area contributed by atoms with E-state index >= 15 is 0 Å². The molecule has 1 saturated heterocycles. The van der Waals surface area contributed by atoms with Crippen LogP contribution in [0.25, 0.3) is 0 Å². The first kappa shape index (κ1) is 13.5. The summed E-state index contributed by atoms with van der Waals surface area (Å²) in [6.07, 6.45) is 1.37. The summed E-state index contributed by atoms with van der Waals surface area (Å²) in [5.74, 6) is -0.929. The number of ether oxygens (including phenoxy) is 2. The lowest BCUT2D eigenvalue weighted by Gasteiger charge is -2.24. The van der Waals surface area contributed by atoms with Gasteiger partial charge in [-0.3, -0.25) is 0 Å². The van der Waals surface area contributed by atoms with Crippen molar-refractivity contribution in [2.24, 2.45) is 0 Å². The van der Waals surface area contributed by atoms with Gasteiger partial charge in [-0.15, -0.1) is 0 Å². The molecule has 1 aromatic carbocycles. The molecule has 0 bridgehead atoms. The number of carboxylic acids is 1. The second-order valence-electron chi connectivity index (χ2n) is 4.00. The first-order valence-electron chi connectivity index (χ1n) is 5.54. The van der Waals surface area contributed by atoms with Gasteiger partial charge < -0.3 is 14.6 Å². The van der Waals surface area contributed by atoms with Crippen LogP contribution in [-0.2, 0) is 4.74 Å². The van der Waals surface area contributed by atoms with Gasteiger partial charge in [-0.2, -0.15) is 0 Å². The zero-order chi connectivity index (χ0) is 13.1. The molecule has 0 atom stereocenters. The Morgan fingerprint density at radius 3 is 2.61 bits per heavy atom. The average Bonchev–Trinajstić information content (AvgIpc) is 2.33. The van der Waals surface area contributed by atoms with Crippen LogP contribution in [0.3, 0.4) is 0 Å². The predicted molar refractivity (Wildman–Crippen MR) is 67.9 cm³/mol. The Morgan fingerprint density at radius 2 is 2.00 bits per heavy atom. The maximum Gasteiger partial charge on any atom is 0.339 e. The lowest BCUT2D eigenvalue weighted by molar-refractivity contribution is 0.0249. The Kier molecular flexibility index (Phi) is 4.32. The van der Waals surface area contributed by atoms with Crippen molar-refractivity contribution in [2.45, 2.75) is 18.9 Å². The third-order valence-electron chi connectivity index (χ3n) is 2.69. The molecule has 1 fully saturated rings. The smallest absolute Gasteiger partial charge is 0.339 e. The van der Waals surface area contributed by atoms with Gasteiger partial charge in [0.05, 0.1) is 18.2 Å². The number of halogens is 2. The summed E-state index contributed by atoms with van der Waals surface area (Å²) in [4.78, 5) is 11.1. The zero-order valence-electron chi connectivity index (χ0n) is 9.49. The van der Waals surface area contributed by atoms with E-state index in [-0.39, 0.29) is 27.5 Å². The lowest BCUT2D eigenvalue weighted by atomic mass is 10.1. The van der Waals surface area contributed by atoms with E-state index in [1.54, 1.807) is 0 Å². The summed E-state index contributed by atoms with van der Waals surface area (Å²) >= 11 is 11.8. The van der Waals surface area contributed by atoms with Gasteiger partial charge in [0.25, 0.3) is 0 Å². The molecule has 6 heteroatoms. The van der Waals surface area contributed by atoms with E-state index in [2.05, 4.69) is 0 Å². The van der Waals surface area contributed by atoms with Crippen LogP contribution in [0.2, 0.25) is 10.0 Å². The highest BCUT2D eigenvalue weighted by molar-refractivity contribution is 6.36. The molecule has 18 heavy (non-hydrogen) atoms. The van der Waals surface area contributed by atoms with Crippen molar-refractivity contribution in [2.75, 3.05) is 13.2 Å². The van der Waals surface area contributed by atoms with Crippen molar-refractivity contribution in [3.63, 3.8) is 0 Å². The minimum Gasteiger partial charge on any atom is -0.488 e. The molecule has 0 radical (unpaired) electrons. The molecular weight excluding hydrogens is 279 g/mol. The Hall–Kier alpha value is -0.970. The van der Waals surface area contributed by atoms with Crippen LogP contribution in [0, 0.1) is 0 Å². The van der Waals surface area contributed by atoms with Crippen LogP contribution in [0.15, 0.2) is 12.1 Å². The Balaban J connectivity index is 2.27. The van der Waals surface area contributed by atoms with Crippen LogP contribution in [-0.4, -0.2) is 30.4 Å². The van der Waals surface area contributed by atoms with Gasteiger partial charge in [0, 0.05) is 17.9 Å². The van der Waals surface area contributed by atoms with Crippen LogP contribution in [0.1, 0.15) is 23.2 Å². The maximum absolute atomic E-state index is 11.1. The number of carbonyl (C=O) groups is 1. The summed E-state index contributed by atoms with van der Waals surface area (Å²) in [6, 6.07) is 2.81. The van der Waals surface area contributed by atoms with Gasteiger partial charge in [0.1, 0.15) is 11.7 Å². The topological polar surface area (TPSA) is 55.8 Å². The molecule has 98 valence electrons. The molecule has 2 rings (SSSR count). The fraction of sp³-hybridized carbons (Fsp3) is 0.417. The standard InChI is InChI=1S/C12H12Cl2O4/c13-7-5-9(12(15)16)11(10(14)6-7)18-8-1-3-17-4-2-8/h5-6,8H,1-4H2,(H,15,16). The molecule has 1 aliphatic heterocycles. The van der Waals surface area contributed by atoms with E-state index < -0.39 is 5.97 Å². The van der Waals surface area contributed by atoms with E-state index in [4.69, 9.17) is 37.8 Å². The summed E-state index contributed by atoms with van der Waals surface area (Å²) in [5, 5.41) is 9.61. The summed E-state index contributed by atoms with van der Waals surface area (Å²) < 4.78 is 10.9. The number of benzene rings is 1. The summed E-state index contributed by atoms with van der Waals surface area (Å²) in [6.45, 7) is 1.22. The molecule has 1 N–H and O–H groups in total. The molecule has 1 aromatic rings. The predicted octanol–water partition coefficient (Wildman–Crippen LogP) is 3.25. The summed E-state index contributed by atoms with van der Waals surface area (Å²) in [7, 11) is 0. The van der Waals surface area contributed by atoms with E-state index in [0.717, 1.165) is 12.8 Å². The lowest BCUT2D eigenvalue weighted by Crippen LogP contribution is -2.26. The fourth-order valence-corrected chi connectivity index (χ4v) is 2.34. The maximum atomic E-state index is 11.1. The molecule has 1 heterocycles. The average molecular weight is 291 g/mol. The Labute approximate surface area is 114 Å². The van der Waals surface area contributed by atoms with Crippen molar-refractivity contribution in [3.8, 4) is 5.75 Å². The molecule has 0 spiro atoms. The Morgan fingerprint density at radius 1 is 1.33 bits per heavy atom. The summed E-state index contributed by atoms with van der Waals surface area (Å²) in [5.41, 5.74) is -0.0148. The van der Waals surface area contributed by atoms with Crippen LogP contribution >= 0.6 is 23.2 Å². The van der Waals surface area contributed by atoms with Gasteiger partial charge in [-0.25, -0.2) is 4.79 Å². The number of hydrogen-bond acceptors (Lipinski definition) is 3. The number of carboxylic acid groups (broad SMARTS) is 1. The SMILES string of the molecule is O=C(O)c1cc(Cl)cc(Cl)c1OC1CCOCC1. The highest BCUT2D eigenvalue weighted by Gasteiger charge is 2.22. The number of aromatic carboxylic acids is 1. The van der Waals surface area contributed by atoms with Crippen LogP contribution in [0.4, 0.5) is 0 Å². The number of hydrogen-bond donors (Lipinski definition) is 1. The van der Waals surface area contributed by atoms with Gasteiger partial charge in [0.15, 0.2) is 5.75 Å². The third kappa shape index (κ3) is 3.07. The minimum atomic E-state index is -1.11. The highest BCUT2D eigenvalue weighted by atomic mass is 35.5. The molecule has 0 saturated carbocycles. The molecule has 0 unspecified atom stereocenters. The van der Waals surface area contributed by atoms with E-state index in [1.165, 1.54) is 12.1 Å². The van der Waals surface area contributed by atoms with Crippen LogP contribution in [0.5, 0.6) is 5.75 Å². The molecule has 0 aliphatic carbocycles. The second-order valence-corrected chi connectivity index (χ2v) is 4.84. The van der Waals surface area contributed by atoms with Crippen molar-refractivity contribution in [1.82, 2.24) is 0 Å². The first-order valence-corrected chi connectivity index (χ1v) is 6.30. The van der Waals surface area contributed by atoms with Gasteiger partial charge >= 0.3 is 5.97 Å². The largest absolute Gasteiger partial charge is 0.488 e. The highest BCUT2D eigenvalue weighted by Crippen LogP contribution is 2.34. The molecule has 0 amide bonds. The first-order chi connectivity index (χ1) is 8.58. The quantitative estimate of drug-likeness (QED) is 0.928. The van der Waals surface area contributed by atoms with Gasteiger partial charge in [-0.05, 0) is 12.1 Å². The second kappa shape index (κ2) is 5.78. The van der Waals surface area contributed by atoms with Gasteiger partial charge in [-0.1, -0.05) is 23.2 Å². The fourth-order valence-electron chi connectivity index (χ4n) is 1.80. The van der Waals surface area contributed by atoms with E-state index in [0.29, 0.717) is 13.2 Å². The zero-order valence-corrected chi connectivity index (χ0v) is 11.0.